The van der Waals surface area contributed by atoms with E-state index < -0.39 is 0 Å². The number of aromatic nitrogens is 1. The summed E-state index contributed by atoms with van der Waals surface area (Å²) in [5, 5.41) is 4.58. The number of benzene rings is 2. The number of aryl methyl sites for hydroxylation is 1. The molecule has 0 fully saturated rings. The second-order valence-electron chi connectivity index (χ2n) is 9.57. The second-order valence-corrected chi connectivity index (χ2v) is 9.57. The first-order chi connectivity index (χ1) is 14.5. The smallest absolute Gasteiger partial charge is 0.202 e. The maximum Gasteiger partial charge on any atom is 0.202 e. The standard InChI is InChI=1S/C27H30N3/c1-27(2,3)25-11-15-30(16-12-25)28-19-20-6-8-21(9-7-20)24-17-22-5-4-13-29-14-10-23(18-24)26(22)29/h6-9,11-12,15-19H,4-5,10,13-14H2,1-3H3/q+1/b28-19+. The first-order valence-electron chi connectivity index (χ1n) is 11.0. The summed E-state index contributed by atoms with van der Waals surface area (Å²) in [6.07, 6.45) is 9.63. The van der Waals surface area contributed by atoms with Gasteiger partial charge in [-0.05, 0) is 75.3 Å². The molecule has 2 aliphatic rings. The second kappa shape index (κ2) is 7.39. The molecular formula is C27H30N3+. The van der Waals surface area contributed by atoms with E-state index in [0.29, 0.717) is 0 Å². The largest absolute Gasteiger partial charge is 0.371 e. The van der Waals surface area contributed by atoms with Crippen LogP contribution in [0.2, 0.25) is 0 Å². The van der Waals surface area contributed by atoms with Gasteiger partial charge in [0.2, 0.25) is 12.4 Å². The molecule has 30 heavy (non-hydrogen) atoms. The van der Waals surface area contributed by atoms with Crippen LogP contribution >= 0.6 is 0 Å². The van der Waals surface area contributed by atoms with Crippen LogP contribution in [0.4, 0.5) is 5.69 Å². The zero-order valence-electron chi connectivity index (χ0n) is 18.2. The van der Waals surface area contributed by atoms with Crippen LogP contribution in [0.25, 0.3) is 11.1 Å². The fourth-order valence-corrected chi connectivity index (χ4v) is 4.66. The van der Waals surface area contributed by atoms with Crippen LogP contribution in [-0.2, 0) is 18.3 Å². The fourth-order valence-electron chi connectivity index (χ4n) is 4.66. The van der Waals surface area contributed by atoms with Gasteiger partial charge in [0.05, 0.1) is 0 Å². The first-order valence-corrected chi connectivity index (χ1v) is 11.0. The number of anilines is 1. The van der Waals surface area contributed by atoms with E-state index in [4.69, 9.17) is 0 Å². The third-order valence-corrected chi connectivity index (χ3v) is 6.37. The van der Waals surface area contributed by atoms with Crippen LogP contribution < -0.4 is 9.58 Å². The average molecular weight is 397 g/mol. The van der Waals surface area contributed by atoms with Crippen molar-refractivity contribution in [3.05, 3.63) is 83.2 Å². The monoisotopic (exact) mass is 396 g/mol. The van der Waals surface area contributed by atoms with Gasteiger partial charge in [0, 0.05) is 30.9 Å². The van der Waals surface area contributed by atoms with Crippen LogP contribution in [0.15, 0.2) is 66.0 Å². The van der Waals surface area contributed by atoms with Gasteiger partial charge in [-0.2, -0.15) is 0 Å². The van der Waals surface area contributed by atoms with Crippen molar-refractivity contribution >= 4 is 11.9 Å². The number of rotatable bonds is 3. The zero-order valence-corrected chi connectivity index (χ0v) is 18.2. The van der Waals surface area contributed by atoms with Gasteiger partial charge in [-0.3, -0.25) is 0 Å². The maximum atomic E-state index is 4.58. The SMILES string of the molecule is CC(C)(C)c1cc[n+](/N=C/c2ccc(-c3cc4c5c(c3)CCN5CCC4)cc2)cc1. The van der Waals surface area contributed by atoms with Crippen molar-refractivity contribution in [2.45, 2.75) is 45.4 Å². The lowest BCUT2D eigenvalue weighted by molar-refractivity contribution is -0.678. The quantitative estimate of drug-likeness (QED) is 0.444. The van der Waals surface area contributed by atoms with E-state index in [9.17, 15) is 0 Å². The van der Waals surface area contributed by atoms with E-state index in [1.54, 1.807) is 0 Å². The predicted octanol–water partition coefficient (Wildman–Crippen LogP) is 5.13. The number of nitrogens with zero attached hydrogens (tertiary/aromatic N) is 3. The summed E-state index contributed by atoms with van der Waals surface area (Å²) in [4.78, 5) is 2.57. The topological polar surface area (TPSA) is 19.5 Å². The Morgan fingerprint density at radius 2 is 1.57 bits per heavy atom. The van der Waals surface area contributed by atoms with Crippen LogP contribution in [0.3, 0.4) is 0 Å². The first kappa shape index (κ1) is 19.0. The Morgan fingerprint density at radius 1 is 0.867 bits per heavy atom. The molecule has 0 unspecified atom stereocenters. The summed E-state index contributed by atoms with van der Waals surface area (Å²) in [5.74, 6) is 0. The molecule has 0 bridgehead atoms. The van der Waals surface area contributed by atoms with Gasteiger partial charge in [-0.1, -0.05) is 49.7 Å². The van der Waals surface area contributed by atoms with Gasteiger partial charge in [0.25, 0.3) is 0 Å². The van der Waals surface area contributed by atoms with E-state index in [2.05, 4.69) is 79.3 Å². The summed E-state index contributed by atoms with van der Waals surface area (Å²) >= 11 is 0. The summed E-state index contributed by atoms with van der Waals surface area (Å²) in [5.41, 5.74) is 9.82. The van der Waals surface area contributed by atoms with Crippen molar-refractivity contribution < 1.29 is 4.68 Å². The molecule has 0 radical (unpaired) electrons. The van der Waals surface area contributed by atoms with E-state index in [1.807, 2.05) is 23.3 Å². The molecule has 1 aromatic heterocycles. The third-order valence-electron chi connectivity index (χ3n) is 6.37. The molecule has 0 N–H and O–H groups in total. The van der Waals surface area contributed by atoms with Crippen molar-refractivity contribution in [1.82, 2.24) is 0 Å². The minimum atomic E-state index is 0.160. The van der Waals surface area contributed by atoms with Crippen LogP contribution in [-0.4, -0.2) is 19.3 Å². The van der Waals surface area contributed by atoms with E-state index in [0.717, 1.165) is 5.56 Å². The van der Waals surface area contributed by atoms with Gasteiger partial charge in [0.15, 0.2) is 0 Å². The van der Waals surface area contributed by atoms with Gasteiger partial charge in [-0.25, -0.2) is 0 Å². The Bertz CT molecular complexity index is 1090. The molecule has 3 heteroatoms. The number of hydrogen-bond acceptors (Lipinski definition) is 2. The highest BCUT2D eigenvalue weighted by Crippen LogP contribution is 2.39. The van der Waals surface area contributed by atoms with Gasteiger partial charge in [-0.15, -0.1) is 0 Å². The lowest BCUT2D eigenvalue weighted by Gasteiger charge is -2.27. The zero-order chi connectivity index (χ0) is 20.7. The van der Waals surface area contributed by atoms with E-state index >= 15 is 0 Å². The van der Waals surface area contributed by atoms with Crippen molar-refractivity contribution in [1.29, 1.82) is 0 Å². The van der Waals surface area contributed by atoms with Crippen molar-refractivity contribution in [2.24, 2.45) is 5.10 Å². The van der Waals surface area contributed by atoms with Crippen LogP contribution in [0, 0.1) is 0 Å². The highest BCUT2D eigenvalue weighted by Gasteiger charge is 2.26. The molecule has 0 amide bonds. The molecular weight excluding hydrogens is 366 g/mol. The molecule has 0 spiro atoms. The minimum Gasteiger partial charge on any atom is -0.371 e. The number of pyridine rings is 1. The van der Waals surface area contributed by atoms with Crippen LogP contribution in [0.5, 0.6) is 0 Å². The highest BCUT2D eigenvalue weighted by atomic mass is 15.3. The van der Waals surface area contributed by atoms with E-state index in [-0.39, 0.29) is 5.41 Å². The van der Waals surface area contributed by atoms with Crippen molar-refractivity contribution in [3.63, 3.8) is 0 Å². The molecule has 5 rings (SSSR count). The van der Waals surface area contributed by atoms with Crippen LogP contribution in [0.1, 0.15) is 49.4 Å². The summed E-state index contributed by atoms with van der Waals surface area (Å²) in [6, 6.07) is 17.9. The molecule has 2 aromatic carbocycles. The maximum absolute atomic E-state index is 4.58. The fraction of sp³-hybridized carbons (Fsp3) is 0.333. The minimum absolute atomic E-state index is 0.160. The molecule has 152 valence electrons. The van der Waals surface area contributed by atoms with E-state index in [1.165, 1.54) is 65.9 Å². The molecule has 3 nitrogen and oxygen atoms in total. The Hall–Kier alpha value is -2.94. The normalized spacial score (nSPS) is 15.6. The Labute approximate surface area is 179 Å². The Kier molecular flexibility index (Phi) is 4.69. The molecule has 0 saturated carbocycles. The van der Waals surface area contributed by atoms with Gasteiger partial charge in [0.1, 0.15) is 6.21 Å². The molecule has 0 aliphatic carbocycles. The molecule has 3 aromatic rings. The number of hydrogen-bond donors (Lipinski definition) is 0. The van der Waals surface area contributed by atoms with Crippen molar-refractivity contribution in [2.75, 3.05) is 18.0 Å². The highest BCUT2D eigenvalue weighted by molar-refractivity contribution is 5.81. The lowest BCUT2D eigenvalue weighted by Crippen LogP contribution is -2.27. The molecule has 0 saturated heterocycles. The lowest BCUT2D eigenvalue weighted by atomic mass is 9.88. The van der Waals surface area contributed by atoms with Gasteiger partial charge < -0.3 is 4.90 Å². The summed E-state index contributed by atoms with van der Waals surface area (Å²) < 4.78 is 1.86. The molecule has 0 atom stereocenters. The van der Waals surface area contributed by atoms with Gasteiger partial charge >= 0.3 is 0 Å². The Morgan fingerprint density at radius 3 is 2.27 bits per heavy atom. The Balaban J connectivity index is 1.35. The predicted molar refractivity (Wildman–Crippen MR) is 124 cm³/mol. The summed E-state index contributed by atoms with van der Waals surface area (Å²) in [7, 11) is 0. The third kappa shape index (κ3) is 3.65. The van der Waals surface area contributed by atoms with Crippen molar-refractivity contribution in [3.8, 4) is 11.1 Å². The molecule has 3 heterocycles. The average Bonchev–Trinajstić information content (AvgIpc) is 3.17. The summed E-state index contributed by atoms with van der Waals surface area (Å²) in [6.45, 7) is 9.09. The molecule has 2 aliphatic heterocycles.